The van der Waals surface area contributed by atoms with E-state index in [-0.39, 0.29) is 11.8 Å². The highest BCUT2D eigenvalue weighted by molar-refractivity contribution is 7.13. The van der Waals surface area contributed by atoms with Crippen LogP contribution in [0.15, 0.2) is 29.6 Å². The molecule has 8 heteroatoms. The lowest BCUT2D eigenvalue weighted by molar-refractivity contribution is -0.125. The Bertz CT molecular complexity index is 738. The van der Waals surface area contributed by atoms with Gasteiger partial charge >= 0.3 is 0 Å². The van der Waals surface area contributed by atoms with Crippen LogP contribution in [0.25, 0.3) is 10.6 Å². The quantitative estimate of drug-likeness (QED) is 0.797. The van der Waals surface area contributed by atoms with Crippen LogP contribution in [0.4, 0.5) is 5.82 Å². The topological polar surface area (TPSA) is 70.6 Å². The molecule has 2 saturated heterocycles. The molecule has 4 heterocycles. The van der Waals surface area contributed by atoms with Gasteiger partial charge in [-0.05, 0) is 36.4 Å². The molecular weight excluding hydrogens is 374 g/mol. The van der Waals surface area contributed by atoms with E-state index in [1.54, 1.807) is 11.3 Å². The molecule has 2 aromatic heterocycles. The van der Waals surface area contributed by atoms with E-state index in [0.717, 1.165) is 75.2 Å². The number of amides is 1. The average molecular weight is 402 g/mol. The van der Waals surface area contributed by atoms with E-state index in [2.05, 4.69) is 31.4 Å². The van der Waals surface area contributed by atoms with Gasteiger partial charge in [-0.3, -0.25) is 9.69 Å². The van der Waals surface area contributed by atoms with Gasteiger partial charge in [0, 0.05) is 45.2 Å². The van der Waals surface area contributed by atoms with Crippen LogP contribution >= 0.6 is 11.3 Å². The van der Waals surface area contributed by atoms with E-state index < -0.39 is 0 Å². The van der Waals surface area contributed by atoms with Crippen molar-refractivity contribution < 1.29 is 9.53 Å². The lowest BCUT2D eigenvalue weighted by Gasteiger charge is -2.32. The fraction of sp³-hybridized carbons (Fsp3) is 0.550. The summed E-state index contributed by atoms with van der Waals surface area (Å²) in [5.74, 6) is 1.18. The van der Waals surface area contributed by atoms with E-state index in [9.17, 15) is 4.79 Å². The summed E-state index contributed by atoms with van der Waals surface area (Å²) in [5, 5.41) is 13.9. The molecule has 0 saturated carbocycles. The number of anilines is 1. The summed E-state index contributed by atoms with van der Waals surface area (Å²) in [5.41, 5.74) is 0.910. The van der Waals surface area contributed by atoms with Gasteiger partial charge in [-0.2, -0.15) is 0 Å². The molecule has 0 aromatic carbocycles. The zero-order valence-electron chi connectivity index (χ0n) is 16.0. The minimum atomic E-state index is 0.0966. The molecule has 0 aliphatic carbocycles. The van der Waals surface area contributed by atoms with Crippen molar-refractivity contribution in [3.63, 3.8) is 0 Å². The molecule has 4 rings (SSSR count). The molecule has 2 fully saturated rings. The van der Waals surface area contributed by atoms with Crippen molar-refractivity contribution in [3.8, 4) is 10.6 Å². The van der Waals surface area contributed by atoms with Crippen LogP contribution in [0.2, 0.25) is 0 Å². The maximum atomic E-state index is 12.5. The Hall–Kier alpha value is -2.03. The third kappa shape index (κ3) is 4.87. The number of nitrogens with one attached hydrogen (secondary N) is 1. The third-order valence-corrected chi connectivity index (χ3v) is 6.34. The molecular formula is C20H27N5O2S. The molecule has 2 aromatic rings. The van der Waals surface area contributed by atoms with Crippen molar-refractivity contribution in [2.75, 3.05) is 57.4 Å². The second-order valence-corrected chi connectivity index (χ2v) is 8.21. The van der Waals surface area contributed by atoms with Crippen LogP contribution in [0, 0.1) is 5.92 Å². The Morgan fingerprint density at radius 3 is 2.64 bits per heavy atom. The summed E-state index contributed by atoms with van der Waals surface area (Å²) < 4.78 is 5.35. The van der Waals surface area contributed by atoms with Gasteiger partial charge in [0.15, 0.2) is 5.82 Å². The lowest BCUT2D eigenvalue weighted by Crippen LogP contribution is -2.44. The van der Waals surface area contributed by atoms with E-state index >= 15 is 0 Å². The minimum Gasteiger partial charge on any atom is -0.379 e. The van der Waals surface area contributed by atoms with Gasteiger partial charge in [0.05, 0.1) is 18.1 Å². The highest BCUT2D eigenvalue weighted by Gasteiger charge is 2.25. The number of carbonyl (C=O) groups is 1. The summed E-state index contributed by atoms with van der Waals surface area (Å²) in [6.45, 7) is 6.81. The first-order chi connectivity index (χ1) is 13.8. The molecule has 0 spiro atoms. The third-order valence-electron chi connectivity index (χ3n) is 5.44. The molecule has 7 nitrogen and oxygen atoms in total. The summed E-state index contributed by atoms with van der Waals surface area (Å²) in [4.78, 5) is 18.2. The SMILES string of the molecule is O=C(NCCN1CCOCC1)C1CCN(c2ccc(-c3cccs3)nn2)CC1. The number of piperidine rings is 1. The predicted molar refractivity (Wildman–Crippen MR) is 111 cm³/mol. The molecule has 0 radical (unpaired) electrons. The first kappa shape index (κ1) is 19.3. The van der Waals surface area contributed by atoms with Gasteiger partial charge in [0.1, 0.15) is 5.69 Å². The number of hydrogen-bond donors (Lipinski definition) is 1. The van der Waals surface area contributed by atoms with Crippen molar-refractivity contribution in [1.82, 2.24) is 20.4 Å². The van der Waals surface area contributed by atoms with Gasteiger partial charge in [0.25, 0.3) is 0 Å². The first-order valence-electron chi connectivity index (χ1n) is 10.00. The largest absolute Gasteiger partial charge is 0.379 e. The molecule has 2 aliphatic heterocycles. The Morgan fingerprint density at radius 1 is 1.14 bits per heavy atom. The molecule has 0 bridgehead atoms. The van der Waals surface area contributed by atoms with Gasteiger partial charge in [-0.15, -0.1) is 21.5 Å². The van der Waals surface area contributed by atoms with Crippen LogP contribution < -0.4 is 10.2 Å². The van der Waals surface area contributed by atoms with E-state index in [1.165, 1.54) is 0 Å². The molecule has 1 N–H and O–H groups in total. The van der Waals surface area contributed by atoms with Crippen LogP contribution in [-0.2, 0) is 9.53 Å². The average Bonchev–Trinajstić information content (AvgIpc) is 3.30. The normalized spacial score (nSPS) is 18.9. The van der Waals surface area contributed by atoms with Gasteiger partial charge in [-0.25, -0.2) is 0 Å². The Kier molecular flexibility index (Phi) is 6.51. The second kappa shape index (κ2) is 9.45. The Labute approximate surface area is 169 Å². The number of morpholine rings is 1. The smallest absolute Gasteiger partial charge is 0.223 e. The molecule has 2 aliphatic rings. The van der Waals surface area contributed by atoms with Crippen LogP contribution in [0.1, 0.15) is 12.8 Å². The van der Waals surface area contributed by atoms with Gasteiger partial charge < -0.3 is 15.0 Å². The first-order valence-corrected chi connectivity index (χ1v) is 10.9. The van der Waals surface area contributed by atoms with E-state index in [4.69, 9.17) is 4.74 Å². The fourth-order valence-corrected chi connectivity index (χ4v) is 4.42. The standard InChI is InChI=1S/C20H27N5O2S/c26-20(21-7-10-24-11-13-27-14-12-24)16-5-8-25(9-6-16)19-4-3-17(22-23-19)18-2-1-15-28-18/h1-4,15-16H,5-14H2,(H,21,26). The second-order valence-electron chi connectivity index (χ2n) is 7.26. The van der Waals surface area contributed by atoms with Crippen LogP contribution in [0.5, 0.6) is 0 Å². The Balaban J connectivity index is 1.21. The predicted octanol–water partition coefficient (Wildman–Crippen LogP) is 1.87. The molecule has 0 atom stereocenters. The van der Waals surface area contributed by atoms with Crippen molar-refractivity contribution in [2.24, 2.45) is 5.92 Å². The van der Waals surface area contributed by atoms with Crippen LogP contribution in [0.3, 0.4) is 0 Å². The number of hydrogen-bond acceptors (Lipinski definition) is 7. The number of rotatable bonds is 6. The highest BCUT2D eigenvalue weighted by atomic mass is 32.1. The minimum absolute atomic E-state index is 0.0966. The van der Waals surface area contributed by atoms with E-state index in [0.29, 0.717) is 6.54 Å². The van der Waals surface area contributed by atoms with Crippen LogP contribution in [-0.4, -0.2) is 73.5 Å². The maximum Gasteiger partial charge on any atom is 0.223 e. The number of thiophene rings is 1. The summed E-state index contributed by atoms with van der Waals surface area (Å²) >= 11 is 1.67. The summed E-state index contributed by atoms with van der Waals surface area (Å²) in [7, 11) is 0. The van der Waals surface area contributed by atoms with Crippen molar-refractivity contribution in [3.05, 3.63) is 29.6 Å². The zero-order valence-corrected chi connectivity index (χ0v) is 16.9. The fourth-order valence-electron chi connectivity index (χ4n) is 3.73. The van der Waals surface area contributed by atoms with Crippen molar-refractivity contribution in [1.29, 1.82) is 0 Å². The number of aromatic nitrogens is 2. The number of carbonyl (C=O) groups excluding carboxylic acids is 1. The Morgan fingerprint density at radius 2 is 1.96 bits per heavy atom. The highest BCUT2D eigenvalue weighted by Crippen LogP contribution is 2.25. The zero-order chi connectivity index (χ0) is 19.2. The van der Waals surface area contributed by atoms with Crippen molar-refractivity contribution >= 4 is 23.1 Å². The van der Waals surface area contributed by atoms with E-state index in [1.807, 2.05) is 23.6 Å². The summed E-state index contributed by atoms with van der Waals surface area (Å²) in [6.07, 6.45) is 1.72. The van der Waals surface area contributed by atoms with Crippen molar-refractivity contribution in [2.45, 2.75) is 12.8 Å². The van der Waals surface area contributed by atoms with Gasteiger partial charge in [0.2, 0.25) is 5.91 Å². The molecule has 28 heavy (non-hydrogen) atoms. The lowest BCUT2D eigenvalue weighted by atomic mass is 9.96. The van der Waals surface area contributed by atoms with Gasteiger partial charge in [-0.1, -0.05) is 6.07 Å². The number of nitrogens with zero attached hydrogens (tertiary/aromatic N) is 4. The summed E-state index contributed by atoms with van der Waals surface area (Å²) in [6, 6.07) is 8.13. The molecule has 1 amide bonds. The number of ether oxygens (including phenoxy) is 1. The monoisotopic (exact) mass is 401 g/mol. The maximum absolute atomic E-state index is 12.5. The molecule has 150 valence electrons. The molecule has 0 unspecified atom stereocenters.